The van der Waals surface area contributed by atoms with Gasteiger partial charge in [-0.25, -0.2) is 0 Å². The lowest BCUT2D eigenvalue weighted by Gasteiger charge is -2.21. The maximum Gasteiger partial charge on any atom is 0.262 e. The van der Waals surface area contributed by atoms with Crippen molar-refractivity contribution in [3.63, 3.8) is 0 Å². The normalized spacial score (nSPS) is 10.2. The summed E-state index contributed by atoms with van der Waals surface area (Å²) in [7, 11) is 0. The summed E-state index contributed by atoms with van der Waals surface area (Å²) >= 11 is 0. The molecule has 2 aromatic carbocycles. The molecule has 0 fully saturated rings. The molecule has 0 aromatic heterocycles. The molecule has 0 aliphatic rings. The minimum Gasteiger partial charge on any atom is -0.484 e. The van der Waals surface area contributed by atoms with Gasteiger partial charge in [-0.3, -0.25) is 9.59 Å². The van der Waals surface area contributed by atoms with Crippen LogP contribution in [-0.4, -0.2) is 36.4 Å². The predicted octanol–water partition coefficient (Wildman–Crippen LogP) is 3.97. The lowest BCUT2D eigenvalue weighted by molar-refractivity contribution is -0.118. The number of carbonyl (C=O) groups is 2. The van der Waals surface area contributed by atoms with Crippen molar-refractivity contribution >= 4 is 17.5 Å². The second kappa shape index (κ2) is 10.2. The molecule has 0 aliphatic carbocycles. The summed E-state index contributed by atoms with van der Waals surface area (Å²) in [5.74, 6) is 0.365. The van der Waals surface area contributed by atoms with Gasteiger partial charge in [-0.2, -0.15) is 0 Å². The molecular formula is C21H26N2O3. The third kappa shape index (κ3) is 5.92. The zero-order valence-electron chi connectivity index (χ0n) is 15.4. The van der Waals surface area contributed by atoms with Gasteiger partial charge < -0.3 is 15.0 Å². The van der Waals surface area contributed by atoms with Gasteiger partial charge in [-0.1, -0.05) is 38.1 Å². The van der Waals surface area contributed by atoms with Crippen molar-refractivity contribution in [3.8, 4) is 5.75 Å². The van der Waals surface area contributed by atoms with Crippen molar-refractivity contribution in [2.45, 2.75) is 26.7 Å². The highest BCUT2D eigenvalue weighted by Crippen LogP contribution is 2.14. The van der Waals surface area contributed by atoms with Gasteiger partial charge in [0, 0.05) is 24.3 Å². The van der Waals surface area contributed by atoms with Crippen LogP contribution in [0.1, 0.15) is 37.0 Å². The van der Waals surface area contributed by atoms with Gasteiger partial charge in [0.25, 0.3) is 11.8 Å². The highest BCUT2D eigenvalue weighted by atomic mass is 16.5. The summed E-state index contributed by atoms with van der Waals surface area (Å²) in [6.45, 7) is 5.49. The zero-order chi connectivity index (χ0) is 18.8. The Morgan fingerprint density at radius 1 is 0.962 bits per heavy atom. The standard InChI is InChI=1S/C21H26N2O3/c1-3-13-23(14-4-2)21(25)17-9-8-10-18(15-17)22-20(24)16-26-19-11-6-5-7-12-19/h5-12,15H,3-4,13-14,16H2,1-2H3,(H,22,24). The summed E-state index contributed by atoms with van der Waals surface area (Å²) in [5.41, 5.74) is 1.17. The first kappa shape index (κ1) is 19.5. The number of benzene rings is 2. The van der Waals surface area contributed by atoms with Gasteiger partial charge >= 0.3 is 0 Å². The van der Waals surface area contributed by atoms with E-state index in [2.05, 4.69) is 19.2 Å². The lowest BCUT2D eigenvalue weighted by atomic mass is 10.1. The number of para-hydroxylation sites is 1. The third-order valence-corrected chi connectivity index (χ3v) is 3.78. The molecule has 1 N–H and O–H groups in total. The molecule has 0 aliphatic heterocycles. The lowest BCUT2D eigenvalue weighted by Crippen LogP contribution is -2.32. The van der Waals surface area contributed by atoms with E-state index in [0.29, 0.717) is 17.0 Å². The average Bonchev–Trinajstić information content (AvgIpc) is 2.67. The number of anilines is 1. The minimum absolute atomic E-state index is 0.00895. The van der Waals surface area contributed by atoms with Crippen LogP contribution in [0.3, 0.4) is 0 Å². The maximum absolute atomic E-state index is 12.7. The Morgan fingerprint density at radius 2 is 1.65 bits per heavy atom. The minimum atomic E-state index is -0.266. The number of nitrogens with one attached hydrogen (secondary N) is 1. The van der Waals surface area contributed by atoms with Gasteiger partial charge in [0.05, 0.1) is 0 Å². The average molecular weight is 354 g/mol. The van der Waals surface area contributed by atoms with Crippen molar-refractivity contribution in [2.75, 3.05) is 25.0 Å². The first-order chi connectivity index (χ1) is 12.6. The van der Waals surface area contributed by atoms with E-state index >= 15 is 0 Å². The van der Waals surface area contributed by atoms with Crippen LogP contribution in [0.25, 0.3) is 0 Å². The molecule has 0 heterocycles. The fourth-order valence-electron chi connectivity index (χ4n) is 2.63. The summed E-state index contributed by atoms with van der Waals surface area (Å²) in [6.07, 6.45) is 1.83. The SMILES string of the molecule is CCCN(CCC)C(=O)c1cccc(NC(=O)COc2ccccc2)c1. The molecule has 5 heteroatoms. The van der Waals surface area contributed by atoms with E-state index in [4.69, 9.17) is 4.74 Å². The summed E-state index contributed by atoms with van der Waals surface area (Å²) in [4.78, 5) is 26.6. The van der Waals surface area contributed by atoms with Crippen LogP contribution in [0.4, 0.5) is 5.69 Å². The fourth-order valence-corrected chi connectivity index (χ4v) is 2.63. The molecule has 26 heavy (non-hydrogen) atoms. The van der Waals surface area contributed by atoms with Crippen LogP contribution in [0.15, 0.2) is 54.6 Å². The van der Waals surface area contributed by atoms with E-state index in [9.17, 15) is 9.59 Å². The molecule has 0 radical (unpaired) electrons. The largest absolute Gasteiger partial charge is 0.484 e. The van der Waals surface area contributed by atoms with E-state index in [1.165, 1.54) is 0 Å². The number of nitrogens with zero attached hydrogens (tertiary/aromatic N) is 1. The Hall–Kier alpha value is -2.82. The smallest absolute Gasteiger partial charge is 0.262 e. The summed E-state index contributed by atoms with van der Waals surface area (Å²) in [5, 5.41) is 2.78. The predicted molar refractivity (Wildman–Crippen MR) is 103 cm³/mol. The Morgan fingerprint density at radius 3 is 2.31 bits per heavy atom. The van der Waals surface area contributed by atoms with Crippen LogP contribution in [0.2, 0.25) is 0 Å². The molecule has 138 valence electrons. The Kier molecular flexibility index (Phi) is 7.68. The van der Waals surface area contributed by atoms with Gasteiger partial charge in [0.2, 0.25) is 0 Å². The maximum atomic E-state index is 12.7. The second-order valence-corrected chi connectivity index (χ2v) is 6.02. The Bertz CT molecular complexity index is 710. The van der Waals surface area contributed by atoms with Gasteiger partial charge in [0.1, 0.15) is 5.75 Å². The summed E-state index contributed by atoms with van der Waals surface area (Å²) < 4.78 is 5.43. The molecule has 0 saturated heterocycles. The van der Waals surface area contributed by atoms with Crippen molar-refractivity contribution in [1.82, 2.24) is 4.90 Å². The molecular weight excluding hydrogens is 328 g/mol. The van der Waals surface area contributed by atoms with Crippen molar-refractivity contribution < 1.29 is 14.3 Å². The van der Waals surface area contributed by atoms with E-state index in [-0.39, 0.29) is 18.4 Å². The fraction of sp³-hybridized carbons (Fsp3) is 0.333. The molecule has 2 rings (SSSR count). The van der Waals surface area contributed by atoms with Crippen LogP contribution in [0, 0.1) is 0 Å². The van der Waals surface area contributed by atoms with E-state index in [1.54, 1.807) is 36.4 Å². The monoisotopic (exact) mass is 354 g/mol. The molecule has 0 saturated carbocycles. The van der Waals surface area contributed by atoms with Crippen LogP contribution in [-0.2, 0) is 4.79 Å². The highest BCUT2D eigenvalue weighted by molar-refractivity contribution is 5.97. The molecule has 0 atom stereocenters. The Balaban J connectivity index is 1.97. The first-order valence-electron chi connectivity index (χ1n) is 9.01. The molecule has 0 bridgehead atoms. The van der Waals surface area contributed by atoms with E-state index < -0.39 is 0 Å². The molecule has 0 spiro atoms. The van der Waals surface area contributed by atoms with Gasteiger partial charge in [-0.05, 0) is 43.2 Å². The first-order valence-corrected chi connectivity index (χ1v) is 9.01. The van der Waals surface area contributed by atoms with Crippen LogP contribution >= 0.6 is 0 Å². The number of hydrogen-bond acceptors (Lipinski definition) is 3. The van der Waals surface area contributed by atoms with Crippen LogP contribution < -0.4 is 10.1 Å². The number of ether oxygens (including phenoxy) is 1. The summed E-state index contributed by atoms with van der Waals surface area (Å²) in [6, 6.07) is 16.2. The van der Waals surface area contributed by atoms with E-state index in [0.717, 1.165) is 25.9 Å². The molecule has 2 aromatic rings. The third-order valence-electron chi connectivity index (χ3n) is 3.78. The van der Waals surface area contributed by atoms with Gasteiger partial charge in [-0.15, -0.1) is 0 Å². The van der Waals surface area contributed by atoms with Crippen molar-refractivity contribution in [3.05, 3.63) is 60.2 Å². The topological polar surface area (TPSA) is 58.6 Å². The quantitative estimate of drug-likeness (QED) is 0.741. The zero-order valence-corrected chi connectivity index (χ0v) is 15.4. The number of hydrogen-bond donors (Lipinski definition) is 1. The number of rotatable bonds is 9. The number of amides is 2. The highest BCUT2D eigenvalue weighted by Gasteiger charge is 2.15. The number of carbonyl (C=O) groups excluding carboxylic acids is 2. The molecule has 2 amide bonds. The van der Waals surface area contributed by atoms with Gasteiger partial charge in [0.15, 0.2) is 6.61 Å². The molecule has 5 nitrogen and oxygen atoms in total. The van der Waals surface area contributed by atoms with E-state index in [1.807, 2.05) is 23.1 Å². The van der Waals surface area contributed by atoms with Crippen LogP contribution in [0.5, 0.6) is 5.75 Å². The molecule has 0 unspecified atom stereocenters. The second-order valence-electron chi connectivity index (χ2n) is 6.02. The van der Waals surface area contributed by atoms with Crippen molar-refractivity contribution in [1.29, 1.82) is 0 Å². The van der Waals surface area contributed by atoms with Crippen molar-refractivity contribution in [2.24, 2.45) is 0 Å². The Labute approximate surface area is 155 Å².